The van der Waals surface area contributed by atoms with E-state index in [1.807, 2.05) is 0 Å². The minimum absolute atomic E-state index is 0.0987. The molecular weight excluding hydrogens is 188 g/mol. The van der Waals surface area contributed by atoms with E-state index in [2.05, 4.69) is 33.8 Å². The van der Waals surface area contributed by atoms with Gasteiger partial charge in [-0.15, -0.1) is 0 Å². The van der Waals surface area contributed by atoms with Crippen LogP contribution in [0.25, 0.3) is 0 Å². The average molecular weight is 208 g/mol. The summed E-state index contributed by atoms with van der Waals surface area (Å²) in [6.45, 7) is 8.72. The lowest BCUT2D eigenvalue weighted by molar-refractivity contribution is -0.131. The Bertz CT molecular complexity index is 319. The quantitative estimate of drug-likeness (QED) is 0.706. The van der Waals surface area contributed by atoms with Gasteiger partial charge in [-0.05, 0) is 29.2 Å². The van der Waals surface area contributed by atoms with Gasteiger partial charge in [-0.2, -0.15) is 0 Å². The minimum atomic E-state index is -0.880. The molecule has 0 aromatic rings. The Morgan fingerprint density at radius 1 is 1.33 bits per heavy atom. The van der Waals surface area contributed by atoms with E-state index in [0.717, 1.165) is 18.4 Å². The molecule has 1 N–H and O–H groups in total. The lowest BCUT2D eigenvalue weighted by Crippen LogP contribution is -2.25. The van der Waals surface area contributed by atoms with Crippen molar-refractivity contribution in [3.8, 4) is 0 Å². The molecule has 0 aliphatic heterocycles. The Morgan fingerprint density at radius 2 is 1.93 bits per heavy atom. The molecule has 0 unspecified atom stereocenters. The number of aliphatic carboxylic acids is 1. The highest BCUT2D eigenvalue weighted by molar-refractivity contribution is 5.80. The molecule has 1 aliphatic carbocycles. The highest BCUT2D eigenvalue weighted by atomic mass is 16.4. The number of rotatable bonds is 2. The number of allylic oxidation sites excluding steroid dienone is 3. The maximum Gasteiger partial charge on any atom is 0.328 e. The molecule has 0 fully saturated rings. The molecule has 0 atom stereocenters. The molecule has 0 saturated carbocycles. The zero-order valence-electron chi connectivity index (χ0n) is 10.0. The molecule has 0 heterocycles. The standard InChI is InChI=1S/C13H20O2/c1-12(2)7-8-13(3,4)10(9-12)5-6-11(14)15/h5-6,9H,7-8H2,1-4H3,(H,14,15). The van der Waals surface area contributed by atoms with Crippen molar-refractivity contribution < 1.29 is 9.90 Å². The Labute approximate surface area is 91.7 Å². The van der Waals surface area contributed by atoms with Gasteiger partial charge in [-0.1, -0.05) is 39.8 Å². The first-order valence-electron chi connectivity index (χ1n) is 5.37. The van der Waals surface area contributed by atoms with Gasteiger partial charge in [0.1, 0.15) is 0 Å². The fourth-order valence-corrected chi connectivity index (χ4v) is 1.90. The van der Waals surface area contributed by atoms with Crippen LogP contribution in [-0.4, -0.2) is 11.1 Å². The van der Waals surface area contributed by atoms with Crippen LogP contribution in [0.15, 0.2) is 23.8 Å². The summed E-state index contributed by atoms with van der Waals surface area (Å²) in [6, 6.07) is 0. The maximum absolute atomic E-state index is 10.5. The number of carbonyl (C=O) groups is 1. The summed E-state index contributed by atoms with van der Waals surface area (Å²) in [7, 11) is 0. The summed E-state index contributed by atoms with van der Waals surface area (Å²) in [5.74, 6) is -0.880. The van der Waals surface area contributed by atoms with Crippen molar-refractivity contribution in [2.24, 2.45) is 10.8 Å². The third kappa shape index (κ3) is 3.22. The summed E-state index contributed by atoms with van der Waals surface area (Å²) < 4.78 is 0. The van der Waals surface area contributed by atoms with Crippen LogP contribution < -0.4 is 0 Å². The first kappa shape index (κ1) is 12.0. The molecule has 84 valence electrons. The fourth-order valence-electron chi connectivity index (χ4n) is 1.90. The highest BCUT2D eigenvalue weighted by Crippen LogP contribution is 2.44. The van der Waals surface area contributed by atoms with E-state index in [9.17, 15) is 4.79 Å². The lowest BCUT2D eigenvalue weighted by Gasteiger charge is -2.37. The normalized spacial score (nSPS) is 23.9. The summed E-state index contributed by atoms with van der Waals surface area (Å²) in [4.78, 5) is 10.5. The fraction of sp³-hybridized carbons (Fsp3) is 0.615. The van der Waals surface area contributed by atoms with Crippen molar-refractivity contribution in [1.82, 2.24) is 0 Å². The third-order valence-corrected chi connectivity index (χ3v) is 3.13. The van der Waals surface area contributed by atoms with E-state index >= 15 is 0 Å². The van der Waals surface area contributed by atoms with Gasteiger partial charge in [0, 0.05) is 6.08 Å². The minimum Gasteiger partial charge on any atom is -0.478 e. The van der Waals surface area contributed by atoms with E-state index in [0.29, 0.717) is 0 Å². The molecular formula is C13H20O2. The number of hydrogen-bond donors (Lipinski definition) is 1. The predicted octanol–water partition coefficient (Wildman–Crippen LogP) is 3.40. The monoisotopic (exact) mass is 208 g/mol. The van der Waals surface area contributed by atoms with E-state index in [4.69, 9.17) is 5.11 Å². The summed E-state index contributed by atoms with van der Waals surface area (Å²) in [5, 5.41) is 8.63. The van der Waals surface area contributed by atoms with Gasteiger partial charge in [-0.25, -0.2) is 4.79 Å². The van der Waals surface area contributed by atoms with E-state index in [1.165, 1.54) is 6.08 Å². The summed E-state index contributed by atoms with van der Waals surface area (Å²) in [6.07, 6.45) is 7.44. The predicted molar refractivity (Wildman–Crippen MR) is 61.7 cm³/mol. The average Bonchev–Trinajstić information content (AvgIpc) is 2.07. The largest absolute Gasteiger partial charge is 0.478 e. The molecule has 0 amide bonds. The maximum atomic E-state index is 10.5. The van der Waals surface area contributed by atoms with Gasteiger partial charge < -0.3 is 5.11 Å². The zero-order chi connectivity index (χ0) is 11.7. The topological polar surface area (TPSA) is 37.3 Å². The number of hydrogen-bond acceptors (Lipinski definition) is 1. The van der Waals surface area contributed by atoms with Crippen molar-refractivity contribution in [2.45, 2.75) is 40.5 Å². The highest BCUT2D eigenvalue weighted by Gasteiger charge is 2.31. The molecule has 0 bridgehead atoms. The molecule has 1 aliphatic rings. The van der Waals surface area contributed by atoms with Gasteiger partial charge in [0.15, 0.2) is 0 Å². The molecule has 2 nitrogen and oxygen atoms in total. The van der Waals surface area contributed by atoms with E-state index in [-0.39, 0.29) is 10.8 Å². The van der Waals surface area contributed by atoms with Gasteiger partial charge in [0.05, 0.1) is 0 Å². The van der Waals surface area contributed by atoms with Crippen LogP contribution in [0.1, 0.15) is 40.5 Å². The smallest absolute Gasteiger partial charge is 0.328 e. The van der Waals surface area contributed by atoms with Crippen LogP contribution >= 0.6 is 0 Å². The van der Waals surface area contributed by atoms with E-state index in [1.54, 1.807) is 6.08 Å². The van der Waals surface area contributed by atoms with Crippen LogP contribution in [0.3, 0.4) is 0 Å². The first-order chi connectivity index (χ1) is 6.73. The SMILES string of the molecule is CC1(C)C=C(C=CC(=O)O)C(C)(C)CC1. The van der Waals surface area contributed by atoms with Gasteiger partial charge in [0.25, 0.3) is 0 Å². The molecule has 0 spiro atoms. The van der Waals surface area contributed by atoms with Gasteiger partial charge in [0.2, 0.25) is 0 Å². The Kier molecular flexibility index (Phi) is 3.08. The zero-order valence-corrected chi connectivity index (χ0v) is 10.0. The Balaban J connectivity index is 2.99. The van der Waals surface area contributed by atoms with Gasteiger partial charge in [-0.3, -0.25) is 0 Å². The Hall–Kier alpha value is -1.05. The van der Waals surface area contributed by atoms with Crippen LogP contribution in [-0.2, 0) is 4.79 Å². The Morgan fingerprint density at radius 3 is 2.47 bits per heavy atom. The van der Waals surface area contributed by atoms with Crippen molar-refractivity contribution in [1.29, 1.82) is 0 Å². The second kappa shape index (κ2) is 3.84. The molecule has 0 aromatic carbocycles. The van der Waals surface area contributed by atoms with Crippen molar-refractivity contribution in [2.75, 3.05) is 0 Å². The molecule has 2 heteroatoms. The van der Waals surface area contributed by atoms with Crippen molar-refractivity contribution in [3.63, 3.8) is 0 Å². The van der Waals surface area contributed by atoms with Crippen LogP contribution in [0.2, 0.25) is 0 Å². The second-order valence-electron chi connectivity index (χ2n) is 5.64. The van der Waals surface area contributed by atoms with Crippen LogP contribution in [0, 0.1) is 10.8 Å². The lowest BCUT2D eigenvalue weighted by atomic mass is 9.67. The second-order valence-corrected chi connectivity index (χ2v) is 5.64. The number of carboxylic acids is 1. The molecule has 0 radical (unpaired) electrons. The van der Waals surface area contributed by atoms with Crippen molar-refractivity contribution >= 4 is 5.97 Å². The summed E-state index contributed by atoms with van der Waals surface area (Å²) in [5.41, 5.74) is 1.43. The molecule has 0 aromatic heterocycles. The molecule has 0 saturated heterocycles. The number of carboxylic acid groups (broad SMARTS) is 1. The first-order valence-corrected chi connectivity index (χ1v) is 5.37. The summed E-state index contributed by atoms with van der Waals surface area (Å²) >= 11 is 0. The van der Waals surface area contributed by atoms with Crippen molar-refractivity contribution in [3.05, 3.63) is 23.8 Å². The molecule has 15 heavy (non-hydrogen) atoms. The van der Waals surface area contributed by atoms with Crippen LogP contribution in [0.5, 0.6) is 0 Å². The van der Waals surface area contributed by atoms with E-state index < -0.39 is 5.97 Å². The van der Waals surface area contributed by atoms with Gasteiger partial charge >= 0.3 is 5.97 Å². The molecule has 1 rings (SSSR count). The van der Waals surface area contributed by atoms with Crippen LogP contribution in [0.4, 0.5) is 0 Å². The third-order valence-electron chi connectivity index (χ3n) is 3.13.